The van der Waals surface area contributed by atoms with E-state index >= 15 is 0 Å². The first kappa shape index (κ1) is 12.9. The van der Waals surface area contributed by atoms with E-state index in [1.165, 1.54) is 5.56 Å². The molecule has 1 aliphatic carbocycles. The minimum absolute atomic E-state index is 0.332. The fourth-order valence-electron chi connectivity index (χ4n) is 2.24. The van der Waals surface area contributed by atoms with Crippen LogP contribution in [0.3, 0.4) is 0 Å². The molecule has 3 N–H and O–H groups in total. The summed E-state index contributed by atoms with van der Waals surface area (Å²) in [5, 5.41) is 3.16. The van der Waals surface area contributed by atoms with Crippen molar-refractivity contribution in [3.05, 3.63) is 29.8 Å². The van der Waals surface area contributed by atoms with Gasteiger partial charge < -0.3 is 11.1 Å². The molecule has 2 atom stereocenters. The van der Waals surface area contributed by atoms with Crippen LogP contribution in [0.5, 0.6) is 0 Å². The fourth-order valence-corrected chi connectivity index (χ4v) is 2.24. The number of benzene rings is 1. The Morgan fingerprint density at radius 1 is 1.50 bits per heavy atom. The third kappa shape index (κ3) is 2.66. The van der Waals surface area contributed by atoms with Crippen molar-refractivity contribution < 1.29 is 0 Å². The molecule has 0 aliphatic heterocycles. The number of rotatable bonds is 3. The summed E-state index contributed by atoms with van der Waals surface area (Å²) in [4.78, 5) is 4.57. The minimum atomic E-state index is 0.332. The largest absolute Gasteiger partial charge is 0.370 e. The summed E-state index contributed by atoms with van der Waals surface area (Å²) in [5.74, 6) is 1.17. The average Bonchev–Trinajstić information content (AvgIpc) is 2.90. The molecule has 1 aromatic rings. The maximum Gasteiger partial charge on any atom is 0.193 e. The van der Waals surface area contributed by atoms with Crippen molar-refractivity contribution in [1.82, 2.24) is 0 Å². The van der Waals surface area contributed by atoms with Crippen molar-refractivity contribution >= 4 is 11.6 Å². The standard InChI is InChI=1S/C15H23N3/c1-10(2)15(4)9-13(15)18-14(16)17-12-7-5-6-11(3)8-12/h5-8,10,13H,9H2,1-4H3,(H3,16,17,18). The van der Waals surface area contributed by atoms with Crippen LogP contribution in [0.2, 0.25) is 0 Å². The van der Waals surface area contributed by atoms with E-state index < -0.39 is 0 Å². The monoisotopic (exact) mass is 245 g/mol. The number of guanidine groups is 1. The summed E-state index contributed by atoms with van der Waals surface area (Å²) in [6.45, 7) is 8.85. The first-order chi connectivity index (χ1) is 8.41. The van der Waals surface area contributed by atoms with Crippen molar-refractivity contribution in [3.8, 4) is 0 Å². The predicted octanol–water partition coefficient (Wildman–Crippen LogP) is 3.16. The topological polar surface area (TPSA) is 50.4 Å². The van der Waals surface area contributed by atoms with Gasteiger partial charge in [-0.2, -0.15) is 0 Å². The maximum atomic E-state index is 5.96. The lowest BCUT2D eigenvalue weighted by Crippen LogP contribution is -2.24. The highest BCUT2D eigenvalue weighted by Crippen LogP contribution is 2.53. The first-order valence-electron chi connectivity index (χ1n) is 6.59. The van der Waals surface area contributed by atoms with E-state index in [1.54, 1.807) is 0 Å². The number of hydrogen-bond acceptors (Lipinski definition) is 1. The van der Waals surface area contributed by atoms with Gasteiger partial charge in [-0.1, -0.05) is 32.9 Å². The van der Waals surface area contributed by atoms with Crippen LogP contribution < -0.4 is 11.1 Å². The number of aryl methyl sites for hydroxylation is 1. The van der Waals surface area contributed by atoms with Crippen LogP contribution in [0.4, 0.5) is 5.69 Å². The second kappa shape index (κ2) is 4.63. The Morgan fingerprint density at radius 3 is 2.78 bits per heavy atom. The van der Waals surface area contributed by atoms with Crippen LogP contribution in [-0.2, 0) is 0 Å². The molecule has 1 fully saturated rings. The second-order valence-electron chi connectivity index (χ2n) is 5.89. The highest BCUT2D eigenvalue weighted by atomic mass is 15.1. The second-order valence-corrected chi connectivity index (χ2v) is 5.89. The quantitative estimate of drug-likeness (QED) is 0.635. The Hall–Kier alpha value is -1.51. The Morgan fingerprint density at radius 2 is 2.22 bits per heavy atom. The third-order valence-corrected chi connectivity index (χ3v) is 4.14. The van der Waals surface area contributed by atoms with E-state index in [0.29, 0.717) is 23.3 Å². The number of nitrogens with zero attached hydrogens (tertiary/aromatic N) is 1. The van der Waals surface area contributed by atoms with Crippen molar-refractivity contribution in [2.45, 2.75) is 40.2 Å². The van der Waals surface area contributed by atoms with Gasteiger partial charge in [0.2, 0.25) is 0 Å². The number of nitrogens with one attached hydrogen (secondary N) is 1. The van der Waals surface area contributed by atoms with Crippen LogP contribution in [0.1, 0.15) is 32.8 Å². The van der Waals surface area contributed by atoms with Gasteiger partial charge in [-0.25, -0.2) is 4.99 Å². The highest BCUT2D eigenvalue weighted by Gasteiger charge is 2.52. The predicted molar refractivity (Wildman–Crippen MR) is 77.8 cm³/mol. The summed E-state index contributed by atoms with van der Waals surface area (Å²) < 4.78 is 0. The molecule has 0 heterocycles. The molecule has 2 rings (SSSR count). The summed E-state index contributed by atoms with van der Waals surface area (Å²) in [7, 11) is 0. The van der Waals surface area contributed by atoms with Gasteiger partial charge in [0.1, 0.15) is 0 Å². The SMILES string of the molecule is Cc1cccc(NC(N)=NC2CC2(C)C(C)C)c1. The molecule has 0 aromatic heterocycles. The number of anilines is 1. The molecule has 0 bridgehead atoms. The van der Waals surface area contributed by atoms with Gasteiger partial charge in [0.25, 0.3) is 0 Å². The van der Waals surface area contributed by atoms with Gasteiger partial charge in [-0.3, -0.25) is 0 Å². The fraction of sp³-hybridized carbons (Fsp3) is 0.533. The van der Waals surface area contributed by atoms with E-state index in [-0.39, 0.29) is 0 Å². The Bertz CT molecular complexity index is 465. The lowest BCUT2D eigenvalue weighted by Gasteiger charge is -2.14. The molecule has 0 amide bonds. The van der Waals surface area contributed by atoms with Crippen LogP contribution in [0.25, 0.3) is 0 Å². The van der Waals surface area contributed by atoms with E-state index in [2.05, 4.69) is 50.1 Å². The van der Waals surface area contributed by atoms with Crippen LogP contribution in [0, 0.1) is 18.3 Å². The molecule has 3 nitrogen and oxygen atoms in total. The van der Waals surface area contributed by atoms with E-state index in [1.807, 2.05) is 12.1 Å². The van der Waals surface area contributed by atoms with Crippen LogP contribution in [0.15, 0.2) is 29.3 Å². The zero-order valence-corrected chi connectivity index (χ0v) is 11.7. The molecular formula is C15H23N3. The van der Waals surface area contributed by atoms with Gasteiger partial charge in [0, 0.05) is 5.69 Å². The van der Waals surface area contributed by atoms with Crippen LogP contribution in [-0.4, -0.2) is 12.0 Å². The number of nitrogens with two attached hydrogens (primary N) is 1. The molecule has 98 valence electrons. The molecule has 1 aromatic carbocycles. The average molecular weight is 245 g/mol. The zero-order valence-electron chi connectivity index (χ0n) is 11.7. The van der Waals surface area contributed by atoms with Crippen molar-refractivity contribution in [1.29, 1.82) is 0 Å². The molecule has 1 aliphatic rings. The normalized spacial score (nSPS) is 27.4. The Labute approximate surface area is 109 Å². The zero-order chi connectivity index (χ0) is 13.3. The van der Waals surface area contributed by atoms with Gasteiger partial charge in [-0.15, -0.1) is 0 Å². The molecule has 18 heavy (non-hydrogen) atoms. The molecule has 0 radical (unpaired) electrons. The van der Waals surface area contributed by atoms with Gasteiger partial charge in [0.15, 0.2) is 5.96 Å². The molecule has 0 spiro atoms. The molecule has 0 saturated heterocycles. The molecule has 2 unspecified atom stereocenters. The minimum Gasteiger partial charge on any atom is -0.370 e. The van der Waals surface area contributed by atoms with E-state index in [0.717, 1.165) is 12.1 Å². The van der Waals surface area contributed by atoms with Crippen molar-refractivity contribution in [2.24, 2.45) is 22.1 Å². The third-order valence-electron chi connectivity index (χ3n) is 4.14. The number of hydrogen-bond donors (Lipinski definition) is 2. The van der Waals surface area contributed by atoms with Crippen LogP contribution >= 0.6 is 0 Å². The summed E-state index contributed by atoms with van der Waals surface area (Å²) >= 11 is 0. The highest BCUT2D eigenvalue weighted by molar-refractivity contribution is 5.92. The molecule has 3 heteroatoms. The Balaban J connectivity index is 1.99. The lowest BCUT2D eigenvalue weighted by atomic mass is 9.94. The van der Waals surface area contributed by atoms with Crippen molar-refractivity contribution in [3.63, 3.8) is 0 Å². The summed E-state index contributed by atoms with van der Waals surface area (Å²) in [6, 6.07) is 8.52. The number of aliphatic imine (C=N–C) groups is 1. The first-order valence-corrected chi connectivity index (χ1v) is 6.59. The van der Waals surface area contributed by atoms with Gasteiger partial charge >= 0.3 is 0 Å². The van der Waals surface area contributed by atoms with Gasteiger partial charge in [0.05, 0.1) is 6.04 Å². The summed E-state index contributed by atoms with van der Waals surface area (Å²) in [6.07, 6.45) is 1.14. The Kier molecular flexibility index (Phi) is 3.33. The van der Waals surface area contributed by atoms with E-state index in [4.69, 9.17) is 5.73 Å². The maximum absolute atomic E-state index is 5.96. The van der Waals surface area contributed by atoms with E-state index in [9.17, 15) is 0 Å². The van der Waals surface area contributed by atoms with Gasteiger partial charge in [-0.05, 0) is 42.4 Å². The lowest BCUT2D eigenvalue weighted by molar-refractivity contribution is 0.383. The van der Waals surface area contributed by atoms with Crippen molar-refractivity contribution in [2.75, 3.05) is 5.32 Å². The molecular weight excluding hydrogens is 222 g/mol. The summed E-state index contributed by atoms with van der Waals surface area (Å²) in [5.41, 5.74) is 8.51. The smallest absolute Gasteiger partial charge is 0.193 e. The molecule has 1 saturated carbocycles.